The first-order valence-electron chi connectivity index (χ1n) is 7.31. The summed E-state index contributed by atoms with van der Waals surface area (Å²) >= 11 is 7.68. The second-order valence-electron chi connectivity index (χ2n) is 5.16. The summed E-state index contributed by atoms with van der Waals surface area (Å²) in [6.45, 7) is 4.19. The Bertz CT molecular complexity index is 686. The van der Waals surface area contributed by atoms with Crippen molar-refractivity contribution in [2.45, 2.75) is 20.3 Å². The lowest BCUT2D eigenvalue weighted by Gasteiger charge is -2.23. The fourth-order valence-electron chi connectivity index (χ4n) is 2.28. The highest BCUT2D eigenvalue weighted by molar-refractivity contribution is 7.10. The van der Waals surface area contributed by atoms with E-state index < -0.39 is 0 Å². The molecule has 0 saturated carbocycles. The standard InChI is InChI=1S/C17H19ClN2O2S/c1-12-15(18)6-3-7-16(12)20(13(2)21)9-8-19-17(22)11-14-5-4-10-23-14/h3-7,10H,8-9,11H2,1-2H3,(H,19,22). The van der Waals surface area contributed by atoms with Gasteiger partial charge in [-0.1, -0.05) is 23.7 Å². The van der Waals surface area contributed by atoms with Crippen LogP contribution in [0, 0.1) is 6.92 Å². The molecular weight excluding hydrogens is 332 g/mol. The van der Waals surface area contributed by atoms with Gasteiger partial charge in [-0.2, -0.15) is 0 Å². The van der Waals surface area contributed by atoms with Crippen LogP contribution in [0.15, 0.2) is 35.7 Å². The second kappa shape index (κ2) is 8.13. The SMILES string of the molecule is CC(=O)N(CCNC(=O)Cc1cccs1)c1cccc(Cl)c1C. The third-order valence-electron chi connectivity index (χ3n) is 3.48. The molecule has 0 saturated heterocycles. The van der Waals surface area contributed by atoms with E-state index >= 15 is 0 Å². The number of benzene rings is 1. The number of nitrogens with zero attached hydrogens (tertiary/aromatic N) is 1. The number of carbonyl (C=O) groups excluding carboxylic acids is 2. The Morgan fingerprint density at radius 1 is 1.26 bits per heavy atom. The predicted molar refractivity (Wildman–Crippen MR) is 95.2 cm³/mol. The molecule has 23 heavy (non-hydrogen) atoms. The maximum atomic E-state index is 11.9. The van der Waals surface area contributed by atoms with Gasteiger partial charge in [-0.15, -0.1) is 11.3 Å². The lowest BCUT2D eigenvalue weighted by atomic mass is 10.1. The topological polar surface area (TPSA) is 49.4 Å². The maximum absolute atomic E-state index is 11.9. The lowest BCUT2D eigenvalue weighted by Crippen LogP contribution is -2.38. The summed E-state index contributed by atoms with van der Waals surface area (Å²) in [5, 5.41) is 5.42. The molecule has 2 rings (SSSR count). The molecule has 1 heterocycles. The normalized spacial score (nSPS) is 10.4. The molecule has 122 valence electrons. The summed E-state index contributed by atoms with van der Waals surface area (Å²) in [5.74, 6) is -0.123. The Hall–Kier alpha value is -1.85. The van der Waals surface area contributed by atoms with E-state index in [0.29, 0.717) is 24.5 Å². The van der Waals surface area contributed by atoms with Gasteiger partial charge < -0.3 is 10.2 Å². The molecule has 4 nitrogen and oxygen atoms in total. The largest absolute Gasteiger partial charge is 0.354 e. The van der Waals surface area contributed by atoms with Crippen LogP contribution in [0.1, 0.15) is 17.4 Å². The summed E-state index contributed by atoms with van der Waals surface area (Å²) in [5.41, 5.74) is 1.63. The number of hydrogen-bond donors (Lipinski definition) is 1. The van der Waals surface area contributed by atoms with Crippen molar-refractivity contribution in [2.75, 3.05) is 18.0 Å². The van der Waals surface area contributed by atoms with Crippen molar-refractivity contribution in [1.82, 2.24) is 5.32 Å². The van der Waals surface area contributed by atoms with E-state index in [1.54, 1.807) is 22.3 Å². The van der Waals surface area contributed by atoms with E-state index in [1.807, 2.05) is 36.6 Å². The first-order chi connectivity index (χ1) is 11.0. The van der Waals surface area contributed by atoms with E-state index in [-0.39, 0.29) is 11.8 Å². The monoisotopic (exact) mass is 350 g/mol. The molecule has 0 fully saturated rings. The van der Waals surface area contributed by atoms with Gasteiger partial charge in [0.25, 0.3) is 0 Å². The number of thiophene rings is 1. The third-order valence-corrected chi connectivity index (χ3v) is 4.77. The molecule has 2 amide bonds. The zero-order chi connectivity index (χ0) is 16.8. The van der Waals surface area contributed by atoms with Crippen LogP contribution in [-0.4, -0.2) is 24.9 Å². The highest BCUT2D eigenvalue weighted by Gasteiger charge is 2.15. The number of rotatable bonds is 6. The molecule has 0 aliphatic carbocycles. The van der Waals surface area contributed by atoms with Gasteiger partial charge >= 0.3 is 0 Å². The Morgan fingerprint density at radius 3 is 2.70 bits per heavy atom. The van der Waals surface area contributed by atoms with Gasteiger partial charge in [0.1, 0.15) is 0 Å². The zero-order valence-electron chi connectivity index (χ0n) is 13.1. The minimum Gasteiger partial charge on any atom is -0.354 e. The predicted octanol–water partition coefficient (Wildman–Crippen LogP) is 3.42. The van der Waals surface area contributed by atoms with Gasteiger partial charge in [0.05, 0.1) is 6.42 Å². The van der Waals surface area contributed by atoms with Crippen LogP contribution < -0.4 is 10.2 Å². The molecule has 1 aromatic heterocycles. The number of nitrogens with one attached hydrogen (secondary N) is 1. The number of amides is 2. The molecule has 0 aliphatic rings. The van der Waals surface area contributed by atoms with E-state index in [2.05, 4.69) is 5.32 Å². The van der Waals surface area contributed by atoms with Gasteiger partial charge in [0.2, 0.25) is 11.8 Å². The molecule has 6 heteroatoms. The minimum absolute atomic E-state index is 0.0428. The Labute approximate surface area is 145 Å². The van der Waals surface area contributed by atoms with Crippen LogP contribution in [0.25, 0.3) is 0 Å². The minimum atomic E-state index is -0.0807. The van der Waals surface area contributed by atoms with Crippen molar-refractivity contribution in [3.8, 4) is 0 Å². The van der Waals surface area contributed by atoms with Crippen LogP contribution in [0.4, 0.5) is 5.69 Å². The van der Waals surface area contributed by atoms with Crippen molar-refractivity contribution in [1.29, 1.82) is 0 Å². The van der Waals surface area contributed by atoms with E-state index in [1.165, 1.54) is 6.92 Å². The summed E-state index contributed by atoms with van der Waals surface area (Å²) in [7, 11) is 0. The molecule has 0 aliphatic heterocycles. The first-order valence-corrected chi connectivity index (χ1v) is 8.57. The molecule has 0 spiro atoms. The highest BCUT2D eigenvalue weighted by Crippen LogP contribution is 2.26. The van der Waals surface area contributed by atoms with Gasteiger partial charge in [-0.05, 0) is 36.1 Å². The van der Waals surface area contributed by atoms with E-state index in [0.717, 1.165) is 16.1 Å². The van der Waals surface area contributed by atoms with Crippen molar-refractivity contribution in [2.24, 2.45) is 0 Å². The number of hydrogen-bond acceptors (Lipinski definition) is 3. The van der Waals surface area contributed by atoms with Crippen molar-refractivity contribution < 1.29 is 9.59 Å². The molecule has 2 aromatic rings. The zero-order valence-corrected chi connectivity index (χ0v) is 14.7. The fraction of sp³-hybridized carbons (Fsp3) is 0.294. The molecule has 1 N–H and O–H groups in total. The van der Waals surface area contributed by atoms with Crippen molar-refractivity contribution in [3.63, 3.8) is 0 Å². The van der Waals surface area contributed by atoms with Crippen LogP contribution in [0.2, 0.25) is 5.02 Å². The molecule has 1 aromatic carbocycles. The second-order valence-corrected chi connectivity index (χ2v) is 6.60. The van der Waals surface area contributed by atoms with E-state index in [9.17, 15) is 9.59 Å². The van der Waals surface area contributed by atoms with Crippen LogP contribution in [0.5, 0.6) is 0 Å². The van der Waals surface area contributed by atoms with Gasteiger partial charge in [0.15, 0.2) is 0 Å². The first kappa shape index (κ1) is 17.5. The van der Waals surface area contributed by atoms with Crippen LogP contribution in [0.3, 0.4) is 0 Å². The lowest BCUT2D eigenvalue weighted by molar-refractivity contribution is -0.120. The van der Waals surface area contributed by atoms with Gasteiger partial charge in [-0.25, -0.2) is 0 Å². The summed E-state index contributed by atoms with van der Waals surface area (Å²) in [6.07, 6.45) is 0.369. The third kappa shape index (κ3) is 4.81. The van der Waals surface area contributed by atoms with Crippen molar-refractivity contribution in [3.05, 3.63) is 51.2 Å². The number of carbonyl (C=O) groups is 2. The summed E-state index contributed by atoms with van der Waals surface area (Å²) < 4.78 is 0. The molecule has 0 bridgehead atoms. The Kier molecular flexibility index (Phi) is 6.19. The van der Waals surface area contributed by atoms with Crippen LogP contribution in [-0.2, 0) is 16.0 Å². The highest BCUT2D eigenvalue weighted by atomic mass is 35.5. The average molecular weight is 351 g/mol. The number of anilines is 1. The van der Waals surface area contributed by atoms with Gasteiger partial charge in [0, 0.05) is 35.6 Å². The Balaban J connectivity index is 1.94. The van der Waals surface area contributed by atoms with Crippen LogP contribution >= 0.6 is 22.9 Å². The molecule has 0 radical (unpaired) electrons. The Morgan fingerprint density at radius 2 is 2.04 bits per heavy atom. The maximum Gasteiger partial charge on any atom is 0.225 e. The smallest absolute Gasteiger partial charge is 0.225 e. The summed E-state index contributed by atoms with van der Waals surface area (Å²) in [4.78, 5) is 26.5. The van der Waals surface area contributed by atoms with Gasteiger partial charge in [-0.3, -0.25) is 9.59 Å². The molecule has 0 unspecified atom stereocenters. The quantitative estimate of drug-likeness (QED) is 0.867. The molecular formula is C17H19ClN2O2S. The fourth-order valence-corrected chi connectivity index (χ4v) is 3.15. The molecule has 0 atom stereocenters. The van der Waals surface area contributed by atoms with E-state index in [4.69, 9.17) is 11.6 Å². The summed E-state index contributed by atoms with van der Waals surface area (Å²) in [6, 6.07) is 9.32. The average Bonchev–Trinajstić information content (AvgIpc) is 2.99. The van der Waals surface area contributed by atoms with Crippen molar-refractivity contribution >= 4 is 40.4 Å². The number of halogens is 1.